The minimum absolute atomic E-state index is 0.249. The Morgan fingerprint density at radius 2 is 1.71 bits per heavy atom. The molecule has 0 unspecified atom stereocenters. The maximum Gasteiger partial charge on any atom is 0.334 e. The number of nitrogens with one attached hydrogen (secondary N) is 4. The number of hydrazine groups is 1. The number of aromatic nitrogens is 2. The molecule has 0 spiro atoms. The Balaban J connectivity index is 1.68. The topological polar surface area (TPSA) is 108 Å². The highest BCUT2D eigenvalue weighted by molar-refractivity contribution is 5.77. The van der Waals surface area contributed by atoms with Crippen LogP contribution in [-0.4, -0.2) is 15.6 Å². The second kappa shape index (κ2) is 6.69. The lowest BCUT2D eigenvalue weighted by Gasteiger charge is -2.11. The number of urea groups is 1. The van der Waals surface area contributed by atoms with Gasteiger partial charge < -0.3 is 10.3 Å². The zero-order chi connectivity index (χ0) is 16.9. The molecule has 1 heterocycles. The van der Waals surface area contributed by atoms with Crippen LogP contribution in [0, 0.1) is 0 Å². The van der Waals surface area contributed by atoms with Crippen LogP contribution in [0.4, 0.5) is 10.5 Å². The van der Waals surface area contributed by atoms with Gasteiger partial charge in [0.05, 0.1) is 16.6 Å². The summed E-state index contributed by atoms with van der Waals surface area (Å²) in [6.45, 7) is -0.249. The molecule has 122 valence electrons. The van der Waals surface area contributed by atoms with Crippen LogP contribution >= 0.6 is 0 Å². The predicted octanol–water partition coefficient (Wildman–Crippen LogP) is 0.974. The molecule has 2 amide bonds. The SMILES string of the molecule is O=C(NCn1c(=O)[nH]c2ccccc2c1=O)NNc1ccccc1. The number of hydrogen-bond donors (Lipinski definition) is 4. The van der Waals surface area contributed by atoms with Gasteiger partial charge in [-0.1, -0.05) is 30.3 Å². The number of nitrogens with zero attached hydrogens (tertiary/aromatic N) is 1. The zero-order valence-electron chi connectivity index (χ0n) is 12.6. The maximum atomic E-state index is 12.3. The number of H-pyrrole nitrogens is 1. The first-order valence-electron chi connectivity index (χ1n) is 7.22. The molecule has 0 bridgehead atoms. The smallest absolute Gasteiger partial charge is 0.319 e. The largest absolute Gasteiger partial charge is 0.334 e. The summed E-state index contributed by atoms with van der Waals surface area (Å²) < 4.78 is 0.921. The van der Waals surface area contributed by atoms with Gasteiger partial charge in [0.15, 0.2) is 0 Å². The van der Waals surface area contributed by atoms with Crippen LogP contribution in [0.1, 0.15) is 0 Å². The van der Waals surface area contributed by atoms with Crippen molar-refractivity contribution in [1.29, 1.82) is 0 Å². The predicted molar refractivity (Wildman–Crippen MR) is 90.6 cm³/mol. The van der Waals surface area contributed by atoms with Crippen LogP contribution in [0.2, 0.25) is 0 Å². The molecule has 0 aliphatic carbocycles. The Labute approximate surface area is 136 Å². The summed E-state index contributed by atoms with van der Waals surface area (Å²) >= 11 is 0. The monoisotopic (exact) mass is 325 g/mol. The Morgan fingerprint density at radius 3 is 2.50 bits per heavy atom. The van der Waals surface area contributed by atoms with E-state index in [1.807, 2.05) is 18.2 Å². The minimum Gasteiger partial charge on any atom is -0.319 e. The fourth-order valence-corrected chi connectivity index (χ4v) is 2.19. The summed E-state index contributed by atoms with van der Waals surface area (Å²) in [5.41, 5.74) is 5.23. The first kappa shape index (κ1) is 15.3. The highest BCUT2D eigenvalue weighted by atomic mass is 16.2. The summed E-state index contributed by atoms with van der Waals surface area (Å²) in [6.07, 6.45) is 0. The molecule has 1 aromatic heterocycles. The normalized spacial score (nSPS) is 10.3. The van der Waals surface area contributed by atoms with E-state index in [2.05, 4.69) is 21.2 Å². The van der Waals surface area contributed by atoms with Crippen molar-refractivity contribution in [1.82, 2.24) is 20.3 Å². The molecule has 4 N–H and O–H groups in total. The molecular formula is C16H15N5O3. The van der Waals surface area contributed by atoms with E-state index in [0.717, 1.165) is 4.57 Å². The standard InChI is InChI=1S/C16H15N5O3/c22-14-12-8-4-5-9-13(12)18-16(24)21(14)10-17-15(23)20-19-11-6-2-1-3-7-11/h1-9,19H,10H2,(H,18,24)(H2,17,20,23). The van der Waals surface area contributed by atoms with E-state index in [4.69, 9.17) is 0 Å². The van der Waals surface area contributed by atoms with Crippen LogP contribution in [-0.2, 0) is 6.67 Å². The molecule has 0 aliphatic rings. The van der Waals surface area contributed by atoms with E-state index in [0.29, 0.717) is 16.6 Å². The van der Waals surface area contributed by atoms with Gasteiger partial charge in [-0.05, 0) is 24.3 Å². The molecule has 3 aromatic rings. The number of rotatable bonds is 4. The second-order valence-corrected chi connectivity index (χ2v) is 4.99. The van der Waals surface area contributed by atoms with Gasteiger partial charge in [-0.15, -0.1) is 0 Å². The Morgan fingerprint density at radius 1 is 1.00 bits per heavy atom. The molecule has 3 rings (SSSR count). The van der Waals surface area contributed by atoms with E-state index < -0.39 is 17.3 Å². The number of carbonyl (C=O) groups is 1. The number of fused-ring (bicyclic) bond motifs is 1. The van der Waals surface area contributed by atoms with Gasteiger partial charge in [-0.2, -0.15) is 0 Å². The Hall–Kier alpha value is -3.55. The lowest BCUT2D eigenvalue weighted by atomic mass is 10.2. The fourth-order valence-electron chi connectivity index (χ4n) is 2.19. The van der Waals surface area contributed by atoms with E-state index in [1.54, 1.807) is 36.4 Å². The van der Waals surface area contributed by atoms with Gasteiger partial charge in [-0.25, -0.2) is 14.2 Å². The minimum atomic E-state index is -0.588. The molecule has 24 heavy (non-hydrogen) atoms. The highest BCUT2D eigenvalue weighted by Crippen LogP contribution is 2.03. The van der Waals surface area contributed by atoms with Gasteiger partial charge in [-0.3, -0.25) is 15.6 Å². The van der Waals surface area contributed by atoms with Crippen molar-refractivity contribution < 1.29 is 4.79 Å². The molecular weight excluding hydrogens is 310 g/mol. The van der Waals surface area contributed by atoms with Crippen molar-refractivity contribution in [2.75, 3.05) is 5.43 Å². The molecule has 2 aromatic carbocycles. The number of carbonyl (C=O) groups excluding carboxylic acids is 1. The first-order valence-corrected chi connectivity index (χ1v) is 7.22. The lowest BCUT2D eigenvalue weighted by molar-refractivity contribution is 0.240. The third kappa shape index (κ3) is 3.27. The zero-order valence-corrected chi connectivity index (χ0v) is 12.6. The molecule has 0 atom stereocenters. The third-order valence-corrected chi connectivity index (χ3v) is 3.38. The van der Waals surface area contributed by atoms with Gasteiger partial charge in [0.25, 0.3) is 5.56 Å². The summed E-state index contributed by atoms with van der Waals surface area (Å²) in [4.78, 5) is 38.6. The average Bonchev–Trinajstić information content (AvgIpc) is 2.60. The Kier molecular flexibility index (Phi) is 4.28. The van der Waals surface area contributed by atoms with Crippen LogP contribution in [0.3, 0.4) is 0 Å². The molecule has 0 radical (unpaired) electrons. The van der Waals surface area contributed by atoms with E-state index in [-0.39, 0.29) is 6.67 Å². The first-order chi connectivity index (χ1) is 11.6. The maximum absolute atomic E-state index is 12.3. The molecule has 8 heteroatoms. The summed E-state index contributed by atoms with van der Waals surface area (Å²) in [5, 5.41) is 2.82. The number of amides is 2. The number of hydrogen-bond acceptors (Lipinski definition) is 4. The summed E-state index contributed by atoms with van der Waals surface area (Å²) in [6, 6.07) is 15.2. The fraction of sp³-hybridized carbons (Fsp3) is 0.0625. The average molecular weight is 325 g/mol. The van der Waals surface area contributed by atoms with E-state index >= 15 is 0 Å². The third-order valence-electron chi connectivity index (χ3n) is 3.38. The quantitative estimate of drug-likeness (QED) is 0.536. The van der Waals surface area contributed by atoms with Crippen molar-refractivity contribution in [2.24, 2.45) is 0 Å². The number of para-hydroxylation sites is 2. The van der Waals surface area contributed by atoms with Crippen LogP contribution < -0.4 is 27.4 Å². The summed E-state index contributed by atoms with van der Waals surface area (Å²) in [5.74, 6) is 0. The van der Waals surface area contributed by atoms with Crippen molar-refractivity contribution in [3.8, 4) is 0 Å². The number of aromatic amines is 1. The molecule has 8 nitrogen and oxygen atoms in total. The van der Waals surface area contributed by atoms with Gasteiger partial charge in [0, 0.05) is 0 Å². The van der Waals surface area contributed by atoms with Crippen LogP contribution in [0.25, 0.3) is 10.9 Å². The van der Waals surface area contributed by atoms with E-state index in [9.17, 15) is 14.4 Å². The highest BCUT2D eigenvalue weighted by Gasteiger charge is 2.08. The molecule has 0 saturated heterocycles. The lowest BCUT2D eigenvalue weighted by Crippen LogP contribution is -2.45. The van der Waals surface area contributed by atoms with Crippen molar-refractivity contribution in [3.63, 3.8) is 0 Å². The number of anilines is 1. The molecule has 0 saturated carbocycles. The van der Waals surface area contributed by atoms with Gasteiger partial charge in [0.2, 0.25) is 0 Å². The van der Waals surface area contributed by atoms with Crippen molar-refractivity contribution >= 4 is 22.6 Å². The van der Waals surface area contributed by atoms with Crippen molar-refractivity contribution in [2.45, 2.75) is 6.67 Å². The van der Waals surface area contributed by atoms with Crippen molar-refractivity contribution in [3.05, 3.63) is 75.4 Å². The number of benzene rings is 2. The molecule has 0 fully saturated rings. The summed E-state index contributed by atoms with van der Waals surface area (Å²) in [7, 11) is 0. The molecule has 0 aliphatic heterocycles. The van der Waals surface area contributed by atoms with Gasteiger partial charge >= 0.3 is 11.7 Å². The second-order valence-electron chi connectivity index (χ2n) is 4.99. The van der Waals surface area contributed by atoms with Gasteiger partial charge in [0.1, 0.15) is 6.67 Å². The Bertz CT molecular complexity index is 978. The van der Waals surface area contributed by atoms with Crippen LogP contribution in [0.5, 0.6) is 0 Å². The van der Waals surface area contributed by atoms with E-state index in [1.165, 1.54) is 0 Å². The van der Waals surface area contributed by atoms with Crippen LogP contribution in [0.15, 0.2) is 64.2 Å².